The van der Waals surface area contributed by atoms with Gasteiger partial charge in [-0.2, -0.15) is 5.26 Å². The minimum absolute atomic E-state index is 0.0864. The third-order valence-corrected chi connectivity index (χ3v) is 4.98. The van der Waals surface area contributed by atoms with Crippen LogP contribution in [-0.2, 0) is 17.9 Å². The first kappa shape index (κ1) is 19.1. The Morgan fingerprint density at radius 1 is 1.11 bits per heavy atom. The number of amides is 1. The molecule has 1 heterocycles. The van der Waals surface area contributed by atoms with Crippen molar-refractivity contribution in [2.45, 2.75) is 38.9 Å². The highest BCUT2D eigenvalue weighted by Gasteiger charge is 2.16. The second-order valence-corrected chi connectivity index (χ2v) is 7.03. The van der Waals surface area contributed by atoms with Gasteiger partial charge in [-0.15, -0.1) is 0 Å². The van der Waals surface area contributed by atoms with Crippen molar-refractivity contribution in [3.63, 3.8) is 0 Å². The fourth-order valence-corrected chi connectivity index (χ4v) is 3.30. The number of anilines is 1. The van der Waals surface area contributed by atoms with E-state index in [1.54, 1.807) is 24.3 Å². The van der Waals surface area contributed by atoms with Crippen molar-refractivity contribution in [1.29, 1.82) is 5.26 Å². The van der Waals surface area contributed by atoms with E-state index in [9.17, 15) is 4.79 Å². The number of hydrogen-bond acceptors (Lipinski definition) is 4. The molecule has 2 aromatic carbocycles. The Morgan fingerprint density at radius 2 is 1.78 bits per heavy atom. The van der Waals surface area contributed by atoms with Crippen LogP contribution in [0.15, 0.2) is 48.5 Å². The number of benzene rings is 2. The van der Waals surface area contributed by atoms with E-state index in [-0.39, 0.29) is 11.9 Å². The molecule has 2 N–H and O–H groups in total. The lowest BCUT2D eigenvalue weighted by atomic mass is 10.1. The van der Waals surface area contributed by atoms with Gasteiger partial charge in [0.25, 0.3) is 0 Å². The normalized spacial score (nSPS) is 15.3. The van der Waals surface area contributed by atoms with Crippen molar-refractivity contribution in [2.24, 2.45) is 0 Å². The van der Waals surface area contributed by atoms with E-state index in [0.717, 1.165) is 6.54 Å². The fourth-order valence-electron chi connectivity index (χ4n) is 3.30. The van der Waals surface area contributed by atoms with Gasteiger partial charge in [0.15, 0.2) is 0 Å². The van der Waals surface area contributed by atoms with Gasteiger partial charge in [0.05, 0.1) is 17.7 Å². The summed E-state index contributed by atoms with van der Waals surface area (Å²) in [5, 5.41) is 15.0. The molecule has 0 unspecified atom stereocenters. The highest BCUT2D eigenvalue weighted by atomic mass is 16.2. The van der Waals surface area contributed by atoms with Crippen molar-refractivity contribution in [3.8, 4) is 6.07 Å². The van der Waals surface area contributed by atoms with Crippen molar-refractivity contribution in [3.05, 3.63) is 65.2 Å². The Hall–Kier alpha value is -2.68. The fraction of sp³-hybridized carbons (Fsp3) is 0.364. The molecular formula is C22H26N4O. The molecule has 1 aliphatic rings. The number of carbonyl (C=O) groups is 1. The van der Waals surface area contributed by atoms with Gasteiger partial charge in [0, 0.05) is 18.8 Å². The van der Waals surface area contributed by atoms with E-state index in [1.807, 2.05) is 13.0 Å². The van der Waals surface area contributed by atoms with Crippen LogP contribution in [0.3, 0.4) is 0 Å². The molecule has 140 valence electrons. The Kier molecular flexibility index (Phi) is 6.59. The van der Waals surface area contributed by atoms with Crippen LogP contribution in [0.25, 0.3) is 0 Å². The lowest BCUT2D eigenvalue weighted by molar-refractivity contribution is -0.117. The zero-order valence-corrected chi connectivity index (χ0v) is 15.7. The molecule has 0 aromatic heterocycles. The molecule has 1 atom stereocenters. The van der Waals surface area contributed by atoms with Gasteiger partial charge >= 0.3 is 0 Å². The molecular weight excluding hydrogens is 336 g/mol. The maximum atomic E-state index is 12.4. The Morgan fingerprint density at radius 3 is 2.44 bits per heavy atom. The smallest absolute Gasteiger partial charge is 0.241 e. The SMILES string of the molecule is C[C@H](NCc1ccccc1CN1CCCC1)C(=O)Nc1ccc(C#N)cc1. The first-order valence-corrected chi connectivity index (χ1v) is 9.49. The Bertz CT molecular complexity index is 804. The van der Waals surface area contributed by atoms with E-state index >= 15 is 0 Å². The molecule has 1 fully saturated rings. The minimum atomic E-state index is -0.319. The van der Waals surface area contributed by atoms with E-state index in [2.05, 4.69) is 39.8 Å². The molecule has 1 saturated heterocycles. The van der Waals surface area contributed by atoms with E-state index in [1.165, 1.54) is 37.1 Å². The second-order valence-electron chi connectivity index (χ2n) is 7.03. The van der Waals surface area contributed by atoms with Gasteiger partial charge in [-0.1, -0.05) is 24.3 Å². The van der Waals surface area contributed by atoms with Gasteiger partial charge in [-0.25, -0.2) is 0 Å². The zero-order valence-electron chi connectivity index (χ0n) is 15.7. The summed E-state index contributed by atoms with van der Waals surface area (Å²) in [6.07, 6.45) is 2.57. The van der Waals surface area contributed by atoms with Crippen molar-refractivity contribution < 1.29 is 4.79 Å². The molecule has 0 spiro atoms. The van der Waals surface area contributed by atoms with Gasteiger partial charge in [-0.05, 0) is 68.2 Å². The van der Waals surface area contributed by atoms with Crippen LogP contribution in [0, 0.1) is 11.3 Å². The molecule has 5 heteroatoms. The first-order chi connectivity index (χ1) is 13.2. The van der Waals surface area contributed by atoms with Gasteiger partial charge in [0.1, 0.15) is 0 Å². The minimum Gasteiger partial charge on any atom is -0.325 e. The topological polar surface area (TPSA) is 68.2 Å². The molecule has 0 radical (unpaired) electrons. The van der Waals surface area contributed by atoms with Crippen LogP contribution >= 0.6 is 0 Å². The highest BCUT2D eigenvalue weighted by molar-refractivity contribution is 5.94. The van der Waals surface area contributed by atoms with E-state index < -0.39 is 0 Å². The summed E-state index contributed by atoms with van der Waals surface area (Å²) in [5.74, 6) is -0.0864. The highest BCUT2D eigenvalue weighted by Crippen LogP contribution is 2.16. The predicted octanol–water partition coefficient (Wildman–Crippen LogP) is 3.27. The van der Waals surface area contributed by atoms with Gasteiger partial charge in [-0.3, -0.25) is 9.69 Å². The summed E-state index contributed by atoms with van der Waals surface area (Å²) in [7, 11) is 0. The van der Waals surface area contributed by atoms with Gasteiger partial charge < -0.3 is 10.6 Å². The summed E-state index contributed by atoms with van der Waals surface area (Å²) < 4.78 is 0. The number of carbonyl (C=O) groups excluding carboxylic acids is 1. The molecule has 0 saturated carbocycles. The molecule has 1 aliphatic heterocycles. The third kappa shape index (κ3) is 5.40. The van der Waals surface area contributed by atoms with Crippen LogP contribution in [0.2, 0.25) is 0 Å². The van der Waals surface area contributed by atoms with E-state index in [4.69, 9.17) is 5.26 Å². The van der Waals surface area contributed by atoms with Crippen molar-refractivity contribution in [1.82, 2.24) is 10.2 Å². The molecule has 0 aliphatic carbocycles. The molecule has 3 rings (SSSR count). The largest absolute Gasteiger partial charge is 0.325 e. The van der Waals surface area contributed by atoms with Gasteiger partial charge in [0.2, 0.25) is 5.91 Å². The summed E-state index contributed by atoms with van der Waals surface area (Å²) in [6, 6.07) is 17.1. The molecule has 0 bridgehead atoms. The average Bonchev–Trinajstić information content (AvgIpc) is 3.20. The summed E-state index contributed by atoms with van der Waals surface area (Å²) in [6.45, 7) is 5.84. The molecule has 5 nitrogen and oxygen atoms in total. The van der Waals surface area contributed by atoms with Crippen LogP contribution < -0.4 is 10.6 Å². The second kappa shape index (κ2) is 9.31. The number of rotatable bonds is 7. The Balaban J connectivity index is 1.54. The summed E-state index contributed by atoms with van der Waals surface area (Å²) in [4.78, 5) is 14.9. The summed E-state index contributed by atoms with van der Waals surface area (Å²) >= 11 is 0. The van der Waals surface area contributed by atoms with Crippen molar-refractivity contribution in [2.75, 3.05) is 18.4 Å². The number of nitriles is 1. The van der Waals surface area contributed by atoms with Crippen LogP contribution in [0.5, 0.6) is 0 Å². The first-order valence-electron chi connectivity index (χ1n) is 9.49. The number of likely N-dealkylation sites (tertiary alicyclic amines) is 1. The van der Waals surface area contributed by atoms with Crippen molar-refractivity contribution >= 4 is 11.6 Å². The lowest BCUT2D eigenvalue weighted by Gasteiger charge is -2.19. The van der Waals surface area contributed by atoms with Crippen LogP contribution in [0.1, 0.15) is 36.5 Å². The molecule has 1 amide bonds. The Labute approximate surface area is 161 Å². The summed E-state index contributed by atoms with van der Waals surface area (Å²) in [5.41, 5.74) is 3.84. The van der Waals surface area contributed by atoms with Crippen LogP contribution in [-0.4, -0.2) is 29.9 Å². The number of hydrogen-bond donors (Lipinski definition) is 2. The molecule has 27 heavy (non-hydrogen) atoms. The zero-order chi connectivity index (χ0) is 19.1. The number of nitrogens with zero attached hydrogens (tertiary/aromatic N) is 2. The maximum Gasteiger partial charge on any atom is 0.241 e. The third-order valence-electron chi connectivity index (χ3n) is 4.98. The number of nitrogens with one attached hydrogen (secondary N) is 2. The quantitative estimate of drug-likeness (QED) is 0.793. The van der Waals surface area contributed by atoms with Crippen LogP contribution in [0.4, 0.5) is 5.69 Å². The monoisotopic (exact) mass is 362 g/mol. The average molecular weight is 362 g/mol. The predicted molar refractivity (Wildman–Crippen MR) is 107 cm³/mol. The molecule has 2 aromatic rings. The maximum absolute atomic E-state index is 12.4. The standard InChI is InChI=1S/C22H26N4O/c1-17(22(27)25-21-10-8-18(14-23)9-11-21)24-15-19-6-2-3-7-20(19)16-26-12-4-5-13-26/h2-3,6-11,17,24H,4-5,12-13,15-16H2,1H3,(H,25,27)/t17-/m0/s1. The lowest BCUT2D eigenvalue weighted by Crippen LogP contribution is -2.37. The van der Waals surface area contributed by atoms with E-state index in [0.29, 0.717) is 17.8 Å².